The molecule has 1 aromatic carbocycles. The SMILES string of the molecule is COC(=O)C1CCN(C(=O)c2ccc(C(=O)N3CCC(C(=O)OC)CC3)cc2)CC1. The summed E-state index contributed by atoms with van der Waals surface area (Å²) in [6.07, 6.45) is 2.38. The predicted molar refractivity (Wildman–Crippen MR) is 108 cm³/mol. The van der Waals surface area contributed by atoms with Crippen molar-refractivity contribution in [3.8, 4) is 0 Å². The van der Waals surface area contributed by atoms with Gasteiger partial charge in [0.15, 0.2) is 0 Å². The first-order valence-corrected chi connectivity index (χ1v) is 10.3. The number of methoxy groups -OCH3 is 2. The number of ether oxygens (including phenoxy) is 2. The molecule has 8 nitrogen and oxygen atoms in total. The largest absolute Gasteiger partial charge is 0.469 e. The Morgan fingerprint density at radius 3 is 1.23 bits per heavy atom. The number of hydrogen-bond donors (Lipinski definition) is 0. The summed E-state index contributed by atoms with van der Waals surface area (Å²) in [4.78, 5) is 52.2. The Morgan fingerprint density at radius 2 is 0.967 bits per heavy atom. The molecule has 2 aliphatic rings. The molecule has 0 radical (unpaired) electrons. The van der Waals surface area contributed by atoms with Gasteiger partial charge in [-0.15, -0.1) is 0 Å². The molecular formula is C22H28N2O6. The van der Waals surface area contributed by atoms with Crippen LogP contribution in [0.25, 0.3) is 0 Å². The average molecular weight is 416 g/mol. The van der Waals surface area contributed by atoms with Gasteiger partial charge in [0.2, 0.25) is 0 Å². The number of carbonyl (C=O) groups is 4. The Morgan fingerprint density at radius 1 is 0.667 bits per heavy atom. The molecule has 2 amide bonds. The molecular weight excluding hydrogens is 388 g/mol. The summed E-state index contributed by atoms with van der Waals surface area (Å²) in [6, 6.07) is 6.68. The number of nitrogens with zero attached hydrogens (tertiary/aromatic N) is 2. The van der Waals surface area contributed by atoms with E-state index < -0.39 is 0 Å². The quantitative estimate of drug-likeness (QED) is 0.694. The molecule has 30 heavy (non-hydrogen) atoms. The molecule has 8 heteroatoms. The third kappa shape index (κ3) is 4.80. The van der Waals surface area contributed by atoms with E-state index in [-0.39, 0.29) is 35.6 Å². The number of piperidine rings is 2. The van der Waals surface area contributed by atoms with Gasteiger partial charge in [-0.25, -0.2) is 0 Å². The van der Waals surface area contributed by atoms with Crippen molar-refractivity contribution in [1.29, 1.82) is 0 Å². The number of likely N-dealkylation sites (tertiary alicyclic amines) is 2. The van der Waals surface area contributed by atoms with Crippen LogP contribution >= 0.6 is 0 Å². The second kappa shape index (κ2) is 9.73. The highest BCUT2D eigenvalue weighted by atomic mass is 16.5. The van der Waals surface area contributed by atoms with Crippen molar-refractivity contribution in [2.24, 2.45) is 11.8 Å². The monoisotopic (exact) mass is 416 g/mol. The number of esters is 2. The number of hydrogen-bond acceptors (Lipinski definition) is 6. The maximum Gasteiger partial charge on any atom is 0.308 e. The Bertz CT molecular complexity index is 723. The molecule has 0 saturated carbocycles. The minimum Gasteiger partial charge on any atom is -0.469 e. The zero-order valence-electron chi connectivity index (χ0n) is 17.5. The van der Waals surface area contributed by atoms with Crippen LogP contribution in [0, 0.1) is 11.8 Å². The van der Waals surface area contributed by atoms with Gasteiger partial charge in [-0.3, -0.25) is 19.2 Å². The Balaban J connectivity index is 1.55. The molecule has 1 aromatic rings. The first-order chi connectivity index (χ1) is 14.4. The summed E-state index contributed by atoms with van der Waals surface area (Å²) in [7, 11) is 2.76. The standard InChI is InChI=1S/C22H28N2O6/c1-29-21(27)17-7-11-23(12-8-17)19(25)15-3-5-16(6-4-15)20(26)24-13-9-18(10-14-24)22(28)30-2/h3-6,17-18H,7-14H2,1-2H3. The lowest BCUT2D eigenvalue weighted by atomic mass is 9.96. The Labute approximate surface area is 176 Å². The van der Waals surface area contributed by atoms with Gasteiger partial charge < -0.3 is 19.3 Å². The lowest BCUT2D eigenvalue weighted by Gasteiger charge is -2.31. The molecule has 0 aliphatic carbocycles. The van der Waals surface area contributed by atoms with Gasteiger partial charge in [0.25, 0.3) is 11.8 Å². The summed E-state index contributed by atoms with van der Waals surface area (Å²) in [5.41, 5.74) is 1.04. The summed E-state index contributed by atoms with van der Waals surface area (Å²) in [6.45, 7) is 2.03. The molecule has 3 rings (SSSR count). The number of rotatable bonds is 4. The number of carbonyl (C=O) groups excluding carboxylic acids is 4. The molecule has 2 aliphatic heterocycles. The second-order valence-corrected chi connectivity index (χ2v) is 7.76. The van der Waals surface area contributed by atoms with Crippen molar-refractivity contribution in [2.75, 3.05) is 40.4 Å². The molecule has 0 aromatic heterocycles. The van der Waals surface area contributed by atoms with Gasteiger partial charge in [0, 0.05) is 37.3 Å². The minimum atomic E-state index is -0.222. The summed E-state index contributed by atoms with van der Waals surface area (Å²) < 4.78 is 9.56. The first kappa shape index (κ1) is 21.8. The molecule has 0 bridgehead atoms. The second-order valence-electron chi connectivity index (χ2n) is 7.76. The van der Waals surface area contributed by atoms with Crippen molar-refractivity contribution in [3.05, 3.63) is 35.4 Å². The number of benzene rings is 1. The van der Waals surface area contributed by atoms with Crippen LogP contribution in [0.4, 0.5) is 0 Å². The van der Waals surface area contributed by atoms with Crippen molar-refractivity contribution in [2.45, 2.75) is 25.7 Å². The van der Waals surface area contributed by atoms with E-state index in [1.54, 1.807) is 34.1 Å². The van der Waals surface area contributed by atoms with Gasteiger partial charge in [0.1, 0.15) is 0 Å². The minimum absolute atomic E-state index is 0.101. The summed E-state index contributed by atoms with van der Waals surface area (Å²) >= 11 is 0. The smallest absolute Gasteiger partial charge is 0.308 e. The Hall–Kier alpha value is -2.90. The number of amides is 2. The maximum atomic E-state index is 12.7. The van der Waals surface area contributed by atoms with E-state index in [0.29, 0.717) is 63.0 Å². The third-order valence-corrected chi connectivity index (χ3v) is 6.01. The van der Waals surface area contributed by atoms with E-state index in [1.807, 2.05) is 0 Å². The van der Waals surface area contributed by atoms with Crippen molar-refractivity contribution < 1.29 is 28.7 Å². The highest BCUT2D eigenvalue weighted by Gasteiger charge is 2.30. The van der Waals surface area contributed by atoms with Crippen molar-refractivity contribution in [3.63, 3.8) is 0 Å². The fourth-order valence-electron chi connectivity index (χ4n) is 4.09. The Kier molecular flexibility index (Phi) is 7.07. The van der Waals surface area contributed by atoms with Crippen molar-refractivity contribution >= 4 is 23.8 Å². The maximum absolute atomic E-state index is 12.7. The summed E-state index contributed by atoms with van der Waals surface area (Å²) in [5.74, 6) is -0.946. The van der Waals surface area contributed by atoms with Crippen LogP contribution in [0.5, 0.6) is 0 Å². The highest BCUT2D eigenvalue weighted by molar-refractivity contribution is 5.98. The molecule has 2 saturated heterocycles. The topological polar surface area (TPSA) is 93.2 Å². The van der Waals surface area contributed by atoms with Crippen LogP contribution in [-0.2, 0) is 19.1 Å². The van der Waals surface area contributed by atoms with Gasteiger partial charge >= 0.3 is 11.9 Å². The van der Waals surface area contributed by atoms with Crippen LogP contribution in [-0.4, -0.2) is 74.0 Å². The molecule has 0 atom stereocenters. The lowest BCUT2D eigenvalue weighted by Crippen LogP contribution is -2.41. The zero-order valence-corrected chi connectivity index (χ0v) is 17.5. The fraction of sp³-hybridized carbons (Fsp3) is 0.545. The van der Waals surface area contributed by atoms with Crippen LogP contribution < -0.4 is 0 Å². The highest BCUT2D eigenvalue weighted by Crippen LogP contribution is 2.22. The summed E-state index contributed by atoms with van der Waals surface area (Å²) in [5, 5.41) is 0. The molecule has 162 valence electrons. The van der Waals surface area contributed by atoms with Crippen LogP contribution in [0.2, 0.25) is 0 Å². The predicted octanol–water partition coefficient (Wildman–Crippen LogP) is 1.74. The van der Waals surface area contributed by atoms with E-state index in [9.17, 15) is 19.2 Å². The van der Waals surface area contributed by atoms with E-state index >= 15 is 0 Å². The third-order valence-electron chi connectivity index (χ3n) is 6.01. The molecule has 0 unspecified atom stereocenters. The molecule has 0 N–H and O–H groups in total. The van der Waals surface area contributed by atoms with E-state index in [2.05, 4.69) is 0 Å². The van der Waals surface area contributed by atoms with Crippen LogP contribution in [0.3, 0.4) is 0 Å². The van der Waals surface area contributed by atoms with Crippen LogP contribution in [0.15, 0.2) is 24.3 Å². The average Bonchev–Trinajstić information content (AvgIpc) is 2.82. The van der Waals surface area contributed by atoms with Crippen LogP contribution in [0.1, 0.15) is 46.4 Å². The fourth-order valence-corrected chi connectivity index (χ4v) is 4.09. The van der Waals surface area contributed by atoms with E-state index in [0.717, 1.165) is 0 Å². The van der Waals surface area contributed by atoms with E-state index in [4.69, 9.17) is 9.47 Å². The van der Waals surface area contributed by atoms with Crippen molar-refractivity contribution in [1.82, 2.24) is 9.80 Å². The van der Waals surface area contributed by atoms with Gasteiger partial charge in [0.05, 0.1) is 26.1 Å². The molecule has 2 heterocycles. The zero-order chi connectivity index (χ0) is 21.7. The van der Waals surface area contributed by atoms with Gasteiger partial charge in [-0.05, 0) is 49.9 Å². The van der Waals surface area contributed by atoms with E-state index in [1.165, 1.54) is 14.2 Å². The lowest BCUT2D eigenvalue weighted by molar-refractivity contribution is -0.147. The van der Waals surface area contributed by atoms with Gasteiger partial charge in [-0.1, -0.05) is 0 Å². The normalized spacial score (nSPS) is 18.1. The first-order valence-electron chi connectivity index (χ1n) is 10.3. The molecule has 0 spiro atoms. The molecule has 2 fully saturated rings. The van der Waals surface area contributed by atoms with Gasteiger partial charge in [-0.2, -0.15) is 0 Å².